The molecule has 0 saturated heterocycles. The van der Waals surface area contributed by atoms with E-state index in [1.54, 1.807) is 7.11 Å². The molecule has 0 aliphatic heterocycles. The van der Waals surface area contributed by atoms with Gasteiger partial charge in [0.1, 0.15) is 11.3 Å². The normalized spacial score (nSPS) is 10.5. The lowest BCUT2D eigenvalue weighted by Crippen LogP contribution is -2.00. The second-order valence-corrected chi connectivity index (χ2v) is 3.33. The Balaban J connectivity index is 2.48. The third-order valence-electron chi connectivity index (χ3n) is 2.15. The molecule has 0 radical (unpaired) electrons. The van der Waals surface area contributed by atoms with E-state index >= 15 is 0 Å². The van der Waals surface area contributed by atoms with Crippen molar-refractivity contribution in [3.63, 3.8) is 0 Å². The molecule has 1 aromatic heterocycles. The number of methoxy groups -OCH3 is 1. The molecule has 2 rings (SSSR count). The second kappa shape index (κ2) is 4.28. The minimum atomic E-state index is 0.245. The first-order valence-electron chi connectivity index (χ1n) is 4.79. The van der Waals surface area contributed by atoms with Crippen molar-refractivity contribution in [1.82, 2.24) is 4.98 Å². The van der Waals surface area contributed by atoms with Crippen LogP contribution in [-0.2, 0) is 4.74 Å². The molecule has 15 heavy (non-hydrogen) atoms. The van der Waals surface area contributed by atoms with Crippen molar-refractivity contribution < 1.29 is 9.47 Å². The number of aromatic nitrogens is 1. The summed E-state index contributed by atoms with van der Waals surface area (Å²) in [4.78, 5) is 4.45. The van der Waals surface area contributed by atoms with Crippen LogP contribution in [0.2, 0.25) is 0 Å². The summed E-state index contributed by atoms with van der Waals surface area (Å²) in [5.41, 5.74) is 1.87. The van der Waals surface area contributed by atoms with Crippen LogP contribution >= 0.6 is 0 Å². The fourth-order valence-electron chi connectivity index (χ4n) is 1.46. The van der Waals surface area contributed by atoms with Crippen LogP contribution in [0.4, 0.5) is 0 Å². The zero-order valence-corrected chi connectivity index (χ0v) is 8.86. The number of benzene rings is 1. The summed E-state index contributed by atoms with van der Waals surface area (Å²) >= 11 is 0. The molecule has 0 unspecified atom stereocenters. The van der Waals surface area contributed by atoms with Gasteiger partial charge in [-0.3, -0.25) is 0 Å². The van der Waals surface area contributed by atoms with Gasteiger partial charge in [-0.25, -0.2) is 4.98 Å². The van der Waals surface area contributed by atoms with Crippen molar-refractivity contribution in [2.45, 2.75) is 6.92 Å². The van der Waals surface area contributed by atoms with Crippen molar-refractivity contribution in [1.29, 1.82) is 0 Å². The number of rotatable bonds is 3. The number of nitrogens with zero attached hydrogens (tertiary/aromatic N) is 1. The van der Waals surface area contributed by atoms with Crippen LogP contribution in [0.5, 0.6) is 5.75 Å². The van der Waals surface area contributed by atoms with Crippen molar-refractivity contribution in [3.05, 3.63) is 36.0 Å². The van der Waals surface area contributed by atoms with Crippen LogP contribution in [0, 0.1) is 6.92 Å². The second-order valence-electron chi connectivity index (χ2n) is 3.33. The van der Waals surface area contributed by atoms with Crippen LogP contribution in [-0.4, -0.2) is 18.9 Å². The molecule has 3 nitrogen and oxygen atoms in total. The van der Waals surface area contributed by atoms with E-state index < -0.39 is 0 Å². The minimum absolute atomic E-state index is 0.245. The first-order valence-corrected chi connectivity index (χ1v) is 4.79. The molecule has 0 aliphatic carbocycles. The number of fused-ring (bicyclic) bond motifs is 1. The highest BCUT2D eigenvalue weighted by Gasteiger charge is 2.02. The molecule has 0 spiro atoms. The third-order valence-corrected chi connectivity index (χ3v) is 2.15. The van der Waals surface area contributed by atoms with Crippen LogP contribution in [0.3, 0.4) is 0 Å². The van der Waals surface area contributed by atoms with E-state index in [0.717, 1.165) is 22.3 Å². The molecule has 0 atom stereocenters. The van der Waals surface area contributed by atoms with E-state index in [0.29, 0.717) is 0 Å². The molecule has 1 aromatic carbocycles. The smallest absolute Gasteiger partial charge is 0.188 e. The molecule has 0 saturated carbocycles. The predicted octanol–water partition coefficient (Wildman–Crippen LogP) is 2.53. The Morgan fingerprint density at radius 2 is 2.07 bits per heavy atom. The number of hydrogen-bond acceptors (Lipinski definition) is 3. The summed E-state index contributed by atoms with van der Waals surface area (Å²) in [6.07, 6.45) is 0. The van der Waals surface area contributed by atoms with Crippen LogP contribution in [0.25, 0.3) is 10.9 Å². The standard InChI is InChI=1S/C12H13NO2/c1-9-6-7-10-4-3-5-11(12(10)13-9)15-8-14-2/h3-7H,8H2,1-2H3. The Morgan fingerprint density at radius 1 is 1.20 bits per heavy atom. The van der Waals surface area contributed by atoms with Crippen molar-refractivity contribution in [2.24, 2.45) is 0 Å². The Morgan fingerprint density at radius 3 is 2.87 bits per heavy atom. The Hall–Kier alpha value is -1.61. The van der Waals surface area contributed by atoms with E-state index in [-0.39, 0.29) is 6.79 Å². The van der Waals surface area contributed by atoms with Crippen LogP contribution < -0.4 is 4.74 Å². The highest BCUT2D eigenvalue weighted by molar-refractivity contribution is 5.84. The molecule has 0 aliphatic rings. The number of hydrogen-bond donors (Lipinski definition) is 0. The van der Waals surface area contributed by atoms with Gasteiger partial charge in [0.05, 0.1) is 0 Å². The lowest BCUT2D eigenvalue weighted by atomic mass is 10.2. The fourth-order valence-corrected chi connectivity index (χ4v) is 1.46. The third kappa shape index (κ3) is 2.07. The van der Waals surface area contributed by atoms with Gasteiger partial charge in [0, 0.05) is 18.2 Å². The van der Waals surface area contributed by atoms with Gasteiger partial charge >= 0.3 is 0 Å². The van der Waals surface area contributed by atoms with Crippen LogP contribution in [0.15, 0.2) is 30.3 Å². The average molecular weight is 203 g/mol. The maximum Gasteiger partial charge on any atom is 0.188 e. The monoisotopic (exact) mass is 203 g/mol. The first-order chi connectivity index (χ1) is 7.31. The van der Waals surface area contributed by atoms with Crippen molar-refractivity contribution in [2.75, 3.05) is 13.9 Å². The van der Waals surface area contributed by atoms with E-state index in [9.17, 15) is 0 Å². The summed E-state index contributed by atoms with van der Waals surface area (Å²) in [7, 11) is 1.60. The van der Waals surface area contributed by atoms with Gasteiger partial charge in [-0.2, -0.15) is 0 Å². The highest BCUT2D eigenvalue weighted by Crippen LogP contribution is 2.23. The maximum atomic E-state index is 5.44. The molecular weight excluding hydrogens is 190 g/mol. The lowest BCUT2D eigenvalue weighted by Gasteiger charge is -2.07. The molecule has 0 fully saturated rings. The van der Waals surface area contributed by atoms with Gasteiger partial charge in [0.2, 0.25) is 0 Å². The predicted molar refractivity (Wildman–Crippen MR) is 59.0 cm³/mol. The van der Waals surface area contributed by atoms with Gasteiger partial charge < -0.3 is 9.47 Å². The number of ether oxygens (including phenoxy) is 2. The van der Waals surface area contributed by atoms with E-state index in [4.69, 9.17) is 9.47 Å². The summed E-state index contributed by atoms with van der Waals surface area (Å²) in [6, 6.07) is 9.89. The first kappa shape index (κ1) is 9.93. The molecule has 0 bridgehead atoms. The maximum absolute atomic E-state index is 5.44. The molecular formula is C12H13NO2. The summed E-state index contributed by atoms with van der Waals surface area (Å²) in [6.45, 7) is 2.21. The van der Waals surface area contributed by atoms with E-state index in [1.165, 1.54) is 0 Å². The zero-order chi connectivity index (χ0) is 10.7. The van der Waals surface area contributed by atoms with Gasteiger partial charge in [0.25, 0.3) is 0 Å². The lowest BCUT2D eigenvalue weighted by molar-refractivity contribution is 0.0521. The Kier molecular flexibility index (Phi) is 2.83. The van der Waals surface area contributed by atoms with Gasteiger partial charge in [-0.05, 0) is 19.1 Å². The number of aryl methyl sites for hydroxylation is 1. The molecule has 78 valence electrons. The summed E-state index contributed by atoms with van der Waals surface area (Å²) in [5.74, 6) is 0.762. The molecule has 1 heterocycles. The largest absolute Gasteiger partial charge is 0.465 e. The minimum Gasteiger partial charge on any atom is -0.465 e. The average Bonchev–Trinajstić information content (AvgIpc) is 2.26. The SMILES string of the molecule is COCOc1cccc2ccc(C)nc12. The zero-order valence-electron chi connectivity index (χ0n) is 8.86. The fraction of sp³-hybridized carbons (Fsp3) is 0.250. The Labute approximate surface area is 88.7 Å². The highest BCUT2D eigenvalue weighted by atomic mass is 16.7. The number of para-hydroxylation sites is 1. The molecule has 0 N–H and O–H groups in total. The van der Waals surface area contributed by atoms with Gasteiger partial charge in [-0.1, -0.05) is 18.2 Å². The summed E-state index contributed by atoms with van der Waals surface area (Å²) < 4.78 is 10.3. The van der Waals surface area contributed by atoms with E-state index in [2.05, 4.69) is 4.98 Å². The Bertz CT molecular complexity index is 468. The van der Waals surface area contributed by atoms with Gasteiger partial charge in [-0.15, -0.1) is 0 Å². The van der Waals surface area contributed by atoms with Crippen LogP contribution in [0.1, 0.15) is 5.69 Å². The molecule has 0 amide bonds. The number of pyridine rings is 1. The van der Waals surface area contributed by atoms with Crippen molar-refractivity contribution >= 4 is 10.9 Å². The quantitative estimate of drug-likeness (QED) is 0.718. The van der Waals surface area contributed by atoms with Gasteiger partial charge in [0.15, 0.2) is 6.79 Å². The topological polar surface area (TPSA) is 31.4 Å². The van der Waals surface area contributed by atoms with Crippen molar-refractivity contribution in [3.8, 4) is 5.75 Å². The molecule has 2 aromatic rings. The van der Waals surface area contributed by atoms with E-state index in [1.807, 2.05) is 37.3 Å². The summed E-state index contributed by atoms with van der Waals surface area (Å²) in [5, 5.41) is 1.08. The molecule has 3 heteroatoms.